The van der Waals surface area contributed by atoms with Gasteiger partial charge in [-0.3, -0.25) is 4.90 Å². The quantitative estimate of drug-likeness (QED) is 0.338. The van der Waals surface area contributed by atoms with Crippen molar-refractivity contribution >= 4 is 23.0 Å². The van der Waals surface area contributed by atoms with E-state index in [0.717, 1.165) is 44.9 Å². The van der Waals surface area contributed by atoms with Crippen LogP contribution in [0.2, 0.25) is 0 Å². The van der Waals surface area contributed by atoms with Gasteiger partial charge in [-0.25, -0.2) is 13.8 Å². The maximum atomic E-state index is 11.3. The molecule has 1 fully saturated rings. The predicted molar refractivity (Wildman–Crippen MR) is 85.3 cm³/mol. The second-order valence-corrected chi connectivity index (χ2v) is 6.14. The van der Waals surface area contributed by atoms with Gasteiger partial charge in [0.05, 0.1) is 12.9 Å². The second-order valence-electron chi connectivity index (χ2n) is 5.09. The average molecular weight is 348 g/mol. The zero-order valence-corrected chi connectivity index (χ0v) is 14.1. The SMILES string of the molecule is COC(=O)/C=C/C(=O)OCCN1CCN(CCCS(=O)O)CC1. The first-order valence-electron chi connectivity index (χ1n) is 7.46. The monoisotopic (exact) mass is 348 g/mol. The van der Waals surface area contributed by atoms with Gasteiger partial charge in [0.2, 0.25) is 0 Å². The van der Waals surface area contributed by atoms with E-state index in [2.05, 4.69) is 14.5 Å². The Bertz CT molecular complexity index is 435. The van der Waals surface area contributed by atoms with Crippen LogP contribution in [-0.2, 0) is 30.1 Å². The fourth-order valence-corrected chi connectivity index (χ4v) is 2.55. The van der Waals surface area contributed by atoms with Crippen LogP contribution in [0.25, 0.3) is 0 Å². The van der Waals surface area contributed by atoms with Gasteiger partial charge in [0.15, 0.2) is 11.1 Å². The molecule has 0 radical (unpaired) electrons. The lowest BCUT2D eigenvalue weighted by Crippen LogP contribution is -2.47. The van der Waals surface area contributed by atoms with Crippen LogP contribution in [-0.4, -0.2) is 89.2 Å². The predicted octanol–water partition coefficient (Wildman–Crippen LogP) is -0.512. The van der Waals surface area contributed by atoms with Crippen molar-refractivity contribution in [2.24, 2.45) is 0 Å². The molecule has 0 bridgehead atoms. The Morgan fingerprint density at radius 1 is 1.09 bits per heavy atom. The molecule has 0 saturated carbocycles. The minimum Gasteiger partial charge on any atom is -0.466 e. The maximum Gasteiger partial charge on any atom is 0.331 e. The van der Waals surface area contributed by atoms with Crippen LogP contribution in [0.3, 0.4) is 0 Å². The molecular formula is C14H24N2O6S. The highest BCUT2D eigenvalue weighted by Crippen LogP contribution is 2.02. The first-order valence-corrected chi connectivity index (χ1v) is 8.74. The van der Waals surface area contributed by atoms with Gasteiger partial charge in [-0.05, 0) is 13.0 Å². The summed E-state index contributed by atoms with van der Waals surface area (Å²) in [5.41, 5.74) is 0. The molecule has 0 aromatic rings. The van der Waals surface area contributed by atoms with Gasteiger partial charge in [-0.15, -0.1) is 0 Å². The second kappa shape index (κ2) is 11.3. The molecule has 1 rings (SSSR count). The van der Waals surface area contributed by atoms with E-state index < -0.39 is 23.0 Å². The molecule has 0 aromatic heterocycles. The third kappa shape index (κ3) is 9.44. The molecule has 1 unspecified atom stereocenters. The Morgan fingerprint density at radius 2 is 1.65 bits per heavy atom. The van der Waals surface area contributed by atoms with Gasteiger partial charge in [0, 0.05) is 44.9 Å². The molecule has 0 aromatic carbocycles. The number of carbonyl (C=O) groups excluding carboxylic acids is 2. The van der Waals surface area contributed by atoms with Gasteiger partial charge in [0.1, 0.15) is 6.61 Å². The van der Waals surface area contributed by atoms with Crippen molar-refractivity contribution in [3.63, 3.8) is 0 Å². The molecule has 8 nitrogen and oxygen atoms in total. The van der Waals surface area contributed by atoms with Gasteiger partial charge in [-0.2, -0.15) is 0 Å². The van der Waals surface area contributed by atoms with E-state index in [-0.39, 0.29) is 6.61 Å². The third-order valence-corrected chi connectivity index (χ3v) is 4.10. The van der Waals surface area contributed by atoms with Crippen molar-refractivity contribution in [3.8, 4) is 0 Å². The number of esters is 2. The topological polar surface area (TPSA) is 96.4 Å². The molecule has 0 amide bonds. The Kier molecular flexibility index (Phi) is 9.69. The van der Waals surface area contributed by atoms with Crippen LogP contribution in [0, 0.1) is 0 Å². The highest BCUT2D eigenvalue weighted by molar-refractivity contribution is 7.79. The molecule has 132 valence electrons. The van der Waals surface area contributed by atoms with Crippen molar-refractivity contribution in [3.05, 3.63) is 12.2 Å². The number of nitrogens with zero attached hydrogens (tertiary/aromatic N) is 2. The summed E-state index contributed by atoms with van der Waals surface area (Å²) in [6, 6.07) is 0. The number of carbonyl (C=O) groups is 2. The van der Waals surface area contributed by atoms with Crippen LogP contribution in [0.5, 0.6) is 0 Å². The Labute approximate surface area is 138 Å². The normalized spacial score (nSPS) is 18.0. The number of hydrogen-bond acceptors (Lipinski definition) is 7. The fraction of sp³-hybridized carbons (Fsp3) is 0.714. The van der Waals surface area contributed by atoms with E-state index in [1.54, 1.807) is 0 Å². The lowest BCUT2D eigenvalue weighted by atomic mass is 10.3. The summed E-state index contributed by atoms with van der Waals surface area (Å²) in [7, 11) is 1.24. The van der Waals surface area contributed by atoms with Gasteiger partial charge in [0.25, 0.3) is 0 Å². The van der Waals surface area contributed by atoms with E-state index >= 15 is 0 Å². The number of ether oxygens (including phenoxy) is 2. The van der Waals surface area contributed by atoms with E-state index in [4.69, 9.17) is 9.29 Å². The van der Waals surface area contributed by atoms with Crippen molar-refractivity contribution < 1.29 is 27.8 Å². The molecule has 1 aliphatic rings. The minimum absolute atomic E-state index is 0.272. The molecule has 1 heterocycles. The molecular weight excluding hydrogens is 324 g/mol. The zero-order chi connectivity index (χ0) is 17.1. The largest absolute Gasteiger partial charge is 0.466 e. The van der Waals surface area contributed by atoms with E-state index in [1.165, 1.54) is 7.11 Å². The van der Waals surface area contributed by atoms with Crippen LogP contribution in [0.15, 0.2) is 12.2 Å². The van der Waals surface area contributed by atoms with Crippen LogP contribution >= 0.6 is 0 Å². The van der Waals surface area contributed by atoms with Crippen LogP contribution < -0.4 is 0 Å². The summed E-state index contributed by atoms with van der Waals surface area (Å²) in [6.07, 6.45) is 2.79. The highest BCUT2D eigenvalue weighted by Gasteiger charge is 2.16. The van der Waals surface area contributed by atoms with Crippen molar-refractivity contribution in [2.45, 2.75) is 6.42 Å². The van der Waals surface area contributed by atoms with Gasteiger partial charge in [-0.1, -0.05) is 0 Å². The maximum absolute atomic E-state index is 11.3. The average Bonchev–Trinajstić information content (AvgIpc) is 2.53. The van der Waals surface area contributed by atoms with E-state index in [9.17, 15) is 13.8 Å². The van der Waals surface area contributed by atoms with Crippen LogP contribution in [0.4, 0.5) is 0 Å². The molecule has 1 atom stereocenters. The van der Waals surface area contributed by atoms with Crippen molar-refractivity contribution in [1.82, 2.24) is 9.80 Å². The number of rotatable bonds is 9. The lowest BCUT2D eigenvalue weighted by Gasteiger charge is -2.34. The van der Waals surface area contributed by atoms with E-state index in [0.29, 0.717) is 18.7 Å². The molecule has 1 N–H and O–H groups in total. The number of piperazine rings is 1. The number of methoxy groups -OCH3 is 1. The Balaban J connectivity index is 2.10. The van der Waals surface area contributed by atoms with Gasteiger partial charge < -0.3 is 18.9 Å². The van der Waals surface area contributed by atoms with Crippen molar-refractivity contribution in [2.75, 3.05) is 58.7 Å². The Morgan fingerprint density at radius 3 is 2.22 bits per heavy atom. The lowest BCUT2D eigenvalue weighted by molar-refractivity contribution is -0.139. The molecule has 9 heteroatoms. The number of hydrogen-bond donors (Lipinski definition) is 1. The molecule has 23 heavy (non-hydrogen) atoms. The van der Waals surface area contributed by atoms with E-state index in [1.807, 2.05) is 0 Å². The first kappa shape index (κ1) is 19.8. The fourth-order valence-electron chi connectivity index (χ4n) is 2.18. The minimum atomic E-state index is -1.71. The smallest absolute Gasteiger partial charge is 0.331 e. The zero-order valence-electron chi connectivity index (χ0n) is 13.3. The summed E-state index contributed by atoms with van der Waals surface area (Å²) < 4.78 is 28.7. The standard InChI is InChI=1S/C14H24N2O6S/c1-21-13(17)3-4-14(18)22-11-10-16-8-6-15(7-9-16)5-2-12-23(19)20/h3-4H,2,5-12H2,1H3,(H,19,20)/b4-3+. The highest BCUT2D eigenvalue weighted by atomic mass is 32.2. The summed E-state index contributed by atoms with van der Waals surface area (Å²) in [5, 5.41) is 0. The molecule has 1 saturated heterocycles. The Hall–Kier alpha value is -1.29. The summed E-state index contributed by atoms with van der Waals surface area (Å²) >= 11 is -1.71. The first-order chi connectivity index (χ1) is 11.0. The third-order valence-electron chi connectivity index (χ3n) is 3.47. The van der Waals surface area contributed by atoms with Crippen molar-refractivity contribution in [1.29, 1.82) is 0 Å². The molecule has 0 aliphatic carbocycles. The summed E-state index contributed by atoms with van der Waals surface area (Å²) in [4.78, 5) is 26.6. The summed E-state index contributed by atoms with van der Waals surface area (Å²) in [6.45, 7) is 5.28. The molecule has 1 aliphatic heterocycles. The van der Waals surface area contributed by atoms with Gasteiger partial charge >= 0.3 is 11.9 Å². The van der Waals surface area contributed by atoms with Crippen LogP contribution in [0.1, 0.15) is 6.42 Å². The molecule has 0 spiro atoms. The summed E-state index contributed by atoms with van der Waals surface area (Å²) in [5.74, 6) is -0.843.